The molecule has 568 valence electrons. The molecule has 4 atom stereocenters. The van der Waals surface area contributed by atoms with Gasteiger partial charge in [-0.2, -0.15) is 0 Å². The first-order valence-electron chi connectivity index (χ1n) is 39.5. The van der Waals surface area contributed by atoms with Crippen LogP contribution in [0, 0.1) is 94.7 Å². The van der Waals surface area contributed by atoms with Crippen molar-refractivity contribution in [1.82, 2.24) is 0 Å². The first kappa shape index (κ1) is 82.1. The molecule has 9 nitrogen and oxygen atoms in total. The first-order chi connectivity index (χ1) is 53.7. The highest BCUT2D eigenvalue weighted by Crippen LogP contribution is 2.49. The molecular weight excluding hydrogens is 1400 g/mol. The summed E-state index contributed by atoms with van der Waals surface area (Å²) in [6.45, 7) is 27.4. The van der Waals surface area contributed by atoms with E-state index in [1.165, 1.54) is 6.42 Å². The lowest BCUT2D eigenvalue weighted by Crippen LogP contribution is -2.12. The van der Waals surface area contributed by atoms with Gasteiger partial charge in [-0.05, 0) is 128 Å². The smallest absolute Gasteiger partial charge is 0.188 e. The third kappa shape index (κ3) is 20.4. The molecule has 2 aromatic heterocycles. The van der Waals surface area contributed by atoms with Crippen molar-refractivity contribution in [3.63, 3.8) is 0 Å². The molecule has 10 aromatic rings. The van der Waals surface area contributed by atoms with Gasteiger partial charge in [0.25, 0.3) is 0 Å². The number of benzene rings is 8. The van der Waals surface area contributed by atoms with E-state index in [4.69, 9.17) is 37.9 Å². The molecule has 110 heavy (non-hydrogen) atoms. The quantitative estimate of drug-likeness (QED) is 0.0169. The molecule has 0 radical (unpaired) electrons. The van der Waals surface area contributed by atoms with E-state index >= 15 is 0 Å². The summed E-state index contributed by atoms with van der Waals surface area (Å²) in [5.74, 6) is 47.8. The number of methoxy groups -OCH3 is 4. The Bertz CT molecular complexity index is 5280. The maximum absolute atomic E-state index is 12.6. The van der Waals surface area contributed by atoms with Crippen LogP contribution in [0.5, 0.6) is 46.0 Å². The van der Waals surface area contributed by atoms with Crippen LogP contribution >= 0.6 is 22.7 Å². The molecular formula is C99H106O9S2. The average molecular weight is 1500 g/mol. The van der Waals surface area contributed by atoms with E-state index in [0.29, 0.717) is 146 Å². The van der Waals surface area contributed by atoms with Crippen LogP contribution in [0.4, 0.5) is 0 Å². The first-order valence-corrected chi connectivity index (χ1v) is 41.2. The highest BCUT2D eigenvalue weighted by molar-refractivity contribution is 7.22. The van der Waals surface area contributed by atoms with Crippen molar-refractivity contribution in [2.45, 2.75) is 172 Å². The van der Waals surface area contributed by atoms with Gasteiger partial charge in [-0.3, -0.25) is 4.79 Å². The van der Waals surface area contributed by atoms with E-state index in [1.807, 2.05) is 67.6 Å². The molecule has 0 aliphatic heterocycles. The Morgan fingerprint density at radius 2 is 0.664 bits per heavy atom. The monoisotopic (exact) mass is 1500 g/mol. The van der Waals surface area contributed by atoms with Gasteiger partial charge in [0.1, 0.15) is 46.0 Å². The predicted molar refractivity (Wildman–Crippen MR) is 459 cm³/mol. The van der Waals surface area contributed by atoms with E-state index in [-0.39, 0.29) is 5.78 Å². The van der Waals surface area contributed by atoms with Crippen molar-refractivity contribution in [3.8, 4) is 117 Å². The number of rotatable bonds is 34. The number of carbonyl (C=O) groups is 1. The zero-order chi connectivity index (χ0) is 78.1. The number of ketones is 1. The molecule has 0 saturated heterocycles. The fourth-order valence-electron chi connectivity index (χ4n) is 13.7. The number of hydrogen-bond acceptors (Lipinski definition) is 11. The molecule has 2 heterocycles. The fraction of sp³-hybridized carbons (Fsp3) is 0.384. The number of Topliss-reactive ketones (excluding diaryl/α,β-unsaturated/α-hetero) is 1. The molecule has 0 aliphatic rings. The van der Waals surface area contributed by atoms with Crippen LogP contribution in [-0.2, 0) is 0 Å². The molecule has 4 unspecified atom stereocenters. The predicted octanol–water partition coefficient (Wildman–Crippen LogP) is 24.4. The second-order valence-electron chi connectivity index (χ2n) is 28.4. The van der Waals surface area contributed by atoms with Crippen molar-refractivity contribution >= 4 is 70.2 Å². The molecule has 0 amide bonds. The number of unbranched alkanes of at least 4 members (excludes halogenated alkanes) is 4. The lowest BCUT2D eigenvalue weighted by Gasteiger charge is -2.18. The molecule has 0 N–H and O–H groups in total. The van der Waals surface area contributed by atoms with Gasteiger partial charge in [0.15, 0.2) is 5.78 Å². The Hall–Kier alpha value is -10.4. The minimum atomic E-state index is -0.0961. The van der Waals surface area contributed by atoms with Gasteiger partial charge in [-0.25, -0.2) is 0 Å². The molecule has 8 aromatic carbocycles. The number of fused-ring (bicyclic) bond motifs is 2. The Kier molecular flexibility index (Phi) is 30.5. The topological polar surface area (TPSA) is 90.9 Å². The second-order valence-corrected chi connectivity index (χ2v) is 30.5. The summed E-state index contributed by atoms with van der Waals surface area (Å²) < 4.78 is 53.8. The highest BCUT2D eigenvalue weighted by atomic mass is 32.1. The van der Waals surface area contributed by atoms with Crippen LogP contribution in [0.25, 0.3) is 41.7 Å². The zero-order valence-electron chi connectivity index (χ0n) is 67.0. The van der Waals surface area contributed by atoms with E-state index in [1.54, 1.807) is 70.2 Å². The summed E-state index contributed by atoms with van der Waals surface area (Å²) in [7, 11) is 6.65. The minimum absolute atomic E-state index is 0.0961. The van der Waals surface area contributed by atoms with Gasteiger partial charge in [0.05, 0.1) is 109 Å². The van der Waals surface area contributed by atoms with Gasteiger partial charge in [-0.1, -0.05) is 217 Å². The number of allylic oxidation sites excluding steroid dienone is 1. The van der Waals surface area contributed by atoms with Crippen molar-refractivity contribution in [2.24, 2.45) is 23.7 Å². The highest BCUT2D eigenvalue weighted by Gasteiger charge is 2.24. The van der Waals surface area contributed by atoms with Gasteiger partial charge >= 0.3 is 0 Å². The van der Waals surface area contributed by atoms with E-state index in [2.05, 4.69) is 169 Å². The summed E-state index contributed by atoms with van der Waals surface area (Å²) >= 11 is 3.40. The van der Waals surface area contributed by atoms with Crippen LogP contribution < -0.4 is 37.9 Å². The SMILES string of the molecule is C=C(C)C(=O)c1ccc(C#Cc2cc(OCC(CC)CCCC)c(C#Cc3cc(OC)c(C#Cc4sc5cccc6c7c(C#Cc8cc(OC)c(C#Cc9cc(OCC(CC)CCCC)c(C#CC)cc9OC)cc8OCC(CC)CCCC)sc8cccc(c4c56)c87)cc3OCC(CC)CCCC)cc2OC)cc1. The Balaban J connectivity index is 1.05. The molecule has 11 heteroatoms. The summed E-state index contributed by atoms with van der Waals surface area (Å²) in [6, 6.07) is 36.0. The van der Waals surface area contributed by atoms with Crippen LogP contribution in [-0.4, -0.2) is 60.6 Å². The normalized spacial score (nSPS) is 11.9. The van der Waals surface area contributed by atoms with Crippen LogP contribution in [0.15, 0.2) is 121 Å². The molecule has 0 bridgehead atoms. The summed E-state index contributed by atoms with van der Waals surface area (Å²) in [6.07, 6.45) is 17.3. The largest absolute Gasteiger partial charge is 0.495 e. The van der Waals surface area contributed by atoms with E-state index in [9.17, 15) is 4.79 Å². The second kappa shape index (κ2) is 40.9. The molecule has 10 rings (SSSR count). The molecule has 0 saturated carbocycles. The van der Waals surface area contributed by atoms with Crippen molar-refractivity contribution in [1.29, 1.82) is 0 Å². The van der Waals surface area contributed by atoms with Crippen LogP contribution in [0.1, 0.15) is 242 Å². The molecule has 0 fully saturated rings. The van der Waals surface area contributed by atoms with Crippen LogP contribution in [0.3, 0.4) is 0 Å². The third-order valence-corrected chi connectivity index (χ3v) is 22.8. The zero-order valence-corrected chi connectivity index (χ0v) is 68.7. The molecule has 0 aliphatic carbocycles. The van der Waals surface area contributed by atoms with Crippen molar-refractivity contribution < 1.29 is 42.7 Å². The average Bonchev–Trinajstić information content (AvgIpc) is 1.54. The van der Waals surface area contributed by atoms with Crippen molar-refractivity contribution in [2.75, 3.05) is 54.9 Å². The maximum atomic E-state index is 12.6. The number of carbonyl (C=O) groups excluding carboxylic acids is 1. The fourth-order valence-corrected chi connectivity index (χ4v) is 15.9. The summed E-state index contributed by atoms with van der Waals surface area (Å²) in [5, 5.41) is 6.79. The Morgan fingerprint density at radius 3 is 0.955 bits per heavy atom. The standard InChI is InChI=1S/C99H106O9S2/c1-16-25-32-67(21-6)62-105-87-59-75(83(101-12)54-73(87)31-20-5)46-47-76-60-90(108-65-70(24-9)35-28-19-4)80(57-85(76)103-14)51-53-94-98-82-37-30-38-91-95(82)97(81-36-29-39-92(110-94)96(81)98)93(109-91)52-50-77-61-89(107-64-69(23-8)34-27-18-3)79(56-86(77)104-15)49-48-78-55-84(102-13)74(58-88(78)106-63-68(22-7)33-26-17-2)45-42-71-40-43-72(44-41-71)99(100)66(10)11/h29-30,36-41,43-44,54-61,67-70H,10,16-19,21-28,32-35,62-65H2,1-9,11-15H3. The van der Waals surface area contributed by atoms with Gasteiger partial charge < -0.3 is 37.9 Å². The third-order valence-electron chi connectivity index (χ3n) is 20.7. The van der Waals surface area contributed by atoms with Gasteiger partial charge in [-0.15, -0.1) is 28.6 Å². The number of thiophene rings is 2. The number of hydrogen-bond donors (Lipinski definition) is 0. The van der Waals surface area contributed by atoms with Crippen LogP contribution in [0.2, 0.25) is 0 Å². The lowest BCUT2D eigenvalue weighted by molar-refractivity contribution is 0.103. The molecule has 0 spiro atoms. The Morgan fingerprint density at radius 1 is 0.373 bits per heavy atom. The summed E-state index contributed by atoms with van der Waals surface area (Å²) in [4.78, 5) is 14.6. The summed E-state index contributed by atoms with van der Waals surface area (Å²) in [5.41, 5.74) is 7.27. The van der Waals surface area contributed by atoms with Gasteiger partial charge in [0, 0.05) is 90.6 Å². The lowest BCUT2D eigenvalue weighted by atomic mass is 9.94. The number of ether oxygens (including phenoxy) is 8. The van der Waals surface area contributed by atoms with Gasteiger partial charge in [0.2, 0.25) is 0 Å². The maximum Gasteiger partial charge on any atom is 0.188 e. The minimum Gasteiger partial charge on any atom is -0.495 e. The van der Waals surface area contributed by atoms with Crippen molar-refractivity contribution in [3.05, 3.63) is 187 Å². The van der Waals surface area contributed by atoms with E-state index < -0.39 is 0 Å². The Labute approximate surface area is 662 Å². The van der Waals surface area contributed by atoms with E-state index in [0.717, 1.165) is 159 Å².